The van der Waals surface area contributed by atoms with Gasteiger partial charge < -0.3 is 20.6 Å². The summed E-state index contributed by atoms with van der Waals surface area (Å²) in [6.07, 6.45) is 9.27. The molecule has 0 spiro atoms. The Labute approximate surface area is 205 Å². The molecule has 2 amide bonds. The number of amides is 2. The predicted octanol–water partition coefficient (Wildman–Crippen LogP) is 4.98. The van der Waals surface area contributed by atoms with Gasteiger partial charge in [-0.2, -0.15) is 5.26 Å². The number of carbonyl (C=O) groups is 2. The molecule has 1 aromatic carbocycles. The van der Waals surface area contributed by atoms with Gasteiger partial charge in [0.25, 0.3) is 0 Å². The molecule has 9 heteroatoms. The van der Waals surface area contributed by atoms with Gasteiger partial charge in [0.1, 0.15) is 6.07 Å². The number of rotatable bonds is 8. The zero-order chi connectivity index (χ0) is 24.9. The fourth-order valence-electron chi connectivity index (χ4n) is 4.94. The van der Waals surface area contributed by atoms with E-state index in [-0.39, 0.29) is 17.7 Å². The lowest BCUT2D eigenvalue weighted by molar-refractivity contribution is -0.138. The number of anilines is 3. The largest absolute Gasteiger partial charge is 0.481 e. The van der Waals surface area contributed by atoms with Gasteiger partial charge in [-0.05, 0) is 48.8 Å². The summed E-state index contributed by atoms with van der Waals surface area (Å²) in [5, 5.41) is 24.0. The number of urea groups is 1. The first-order chi connectivity index (χ1) is 16.9. The molecule has 0 bridgehead atoms. The Balaban J connectivity index is 1.62. The molecule has 1 heterocycles. The van der Waals surface area contributed by atoms with Crippen LogP contribution in [0.4, 0.5) is 21.9 Å². The van der Waals surface area contributed by atoms with Crippen LogP contribution in [0.5, 0.6) is 0 Å². The van der Waals surface area contributed by atoms with Crippen molar-refractivity contribution in [1.29, 1.82) is 5.26 Å². The van der Waals surface area contributed by atoms with E-state index in [9.17, 15) is 14.7 Å². The minimum absolute atomic E-state index is 0.0279. The first-order valence-electron chi connectivity index (χ1n) is 12.3. The average molecular weight is 477 g/mol. The Morgan fingerprint density at radius 1 is 1.17 bits per heavy atom. The monoisotopic (exact) mass is 476 g/mol. The van der Waals surface area contributed by atoms with E-state index >= 15 is 0 Å². The zero-order valence-corrected chi connectivity index (χ0v) is 20.2. The van der Waals surface area contributed by atoms with E-state index in [1.54, 1.807) is 0 Å². The maximum atomic E-state index is 12.9. The number of aromatic nitrogens is 2. The topological polar surface area (TPSA) is 131 Å². The van der Waals surface area contributed by atoms with Gasteiger partial charge >= 0.3 is 12.0 Å². The van der Waals surface area contributed by atoms with Crippen LogP contribution in [0.3, 0.4) is 0 Å². The van der Waals surface area contributed by atoms with Crippen molar-refractivity contribution in [3.63, 3.8) is 0 Å². The Kier molecular flexibility index (Phi) is 7.49. The number of hydrogen-bond acceptors (Lipinski definition) is 6. The molecule has 0 aliphatic heterocycles. The van der Waals surface area contributed by atoms with E-state index in [1.807, 2.05) is 24.3 Å². The number of nitrogens with zero attached hydrogens (tertiary/aromatic N) is 4. The zero-order valence-electron chi connectivity index (χ0n) is 20.2. The summed E-state index contributed by atoms with van der Waals surface area (Å²) in [5.74, 6) is -0.724. The molecule has 3 N–H and O–H groups in total. The van der Waals surface area contributed by atoms with Crippen LogP contribution in [0, 0.1) is 23.2 Å². The van der Waals surface area contributed by atoms with Crippen molar-refractivity contribution in [2.75, 3.05) is 22.1 Å². The molecule has 2 fully saturated rings. The van der Waals surface area contributed by atoms with Crippen LogP contribution < -0.4 is 15.5 Å². The molecule has 1 aromatic heterocycles. The van der Waals surface area contributed by atoms with E-state index in [1.165, 1.54) is 31.7 Å². The van der Waals surface area contributed by atoms with Crippen molar-refractivity contribution in [3.8, 4) is 6.07 Å². The molecular formula is C26H32N6O3. The minimum atomic E-state index is -0.782. The lowest BCUT2D eigenvalue weighted by atomic mass is 9.92. The predicted molar refractivity (Wildman–Crippen MR) is 133 cm³/mol. The van der Waals surface area contributed by atoms with Crippen LogP contribution in [0.1, 0.15) is 69.7 Å². The van der Waals surface area contributed by atoms with E-state index in [4.69, 9.17) is 5.26 Å². The van der Waals surface area contributed by atoms with Gasteiger partial charge in [-0.25, -0.2) is 14.8 Å². The second kappa shape index (κ2) is 10.7. The highest BCUT2D eigenvalue weighted by Crippen LogP contribution is 2.49. The van der Waals surface area contributed by atoms with Gasteiger partial charge in [0.15, 0.2) is 0 Å². The van der Waals surface area contributed by atoms with Crippen LogP contribution in [0.25, 0.3) is 0 Å². The van der Waals surface area contributed by atoms with Crippen molar-refractivity contribution >= 4 is 29.1 Å². The molecule has 9 nitrogen and oxygen atoms in total. The molecule has 2 aliphatic rings. The summed E-state index contributed by atoms with van der Waals surface area (Å²) in [6, 6.07) is 7.77. The third-order valence-corrected chi connectivity index (χ3v) is 6.70. The molecule has 4 rings (SSSR count). The third-order valence-electron chi connectivity index (χ3n) is 6.70. The number of nitrogens with one attached hydrogen (secondary N) is 2. The Bertz CT molecular complexity index is 1110. The van der Waals surface area contributed by atoms with Crippen molar-refractivity contribution in [2.45, 2.75) is 64.3 Å². The summed E-state index contributed by atoms with van der Waals surface area (Å²) < 4.78 is 0. The highest BCUT2D eigenvalue weighted by Gasteiger charge is 2.44. The van der Waals surface area contributed by atoms with Gasteiger partial charge in [0, 0.05) is 12.6 Å². The van der Waals surface area contributed by atoms with Crippen LogP contribution in [-0.4, -0.2) is 39.7 Å². The first kappa shape index (κ1) is 24.5. The smallest absolute Gasteiger partial charge is 0.323 e. The van der Waals surface area contributed by atoms with Gasteiger partial charge in [-0.3, -0.25) is 4.79 Å². The Morgan fingerprint density at radius 3 is 2.49 bits per heavy atom. The number of benzene rings is 1. The molecule has 0 saturated heterocycles. The van der Waals surface area contributed by atoms with Gasteiger partial charge in [-0.1, -0.05) is 39.2 Å². The van der Waals surface area contributed by atoms with Crippen molar-refractivity contribution in [1.82, 2.24) is 9.97 Å². The van der Waals surface area contributed by atoms with Crippen LogP contribution in [0.2, 0.25) is 0 Å². The van der Waals surface area contributed by atoms with Crippen molar-refractivity contribution in [2.24, 2.45) is 11.8 Å². The van der Waals surface area contributed by atoms with Gasteiger partial charge in [0.2, 0.25) is 5.82 Å². The van der Waals surface area contributed by atoms with E-state index in [2.05, 4.69) is 39.3 Å². The van der Waals surface area contributed by atoms with Crippen LogP contribution in [0.15, 0.2) is 30.6 Å². The summed E-state index contributed by atoms with van der Waals surface area (Å²) in [4.78, 5) is 34.6. The minimum Gasteiger partial charge on any atom is -0.481 e. The van der Waals surface area contributed by atoms with E-state index < -0.39 is 12.0 Å². The van der Waals surface area contributed by atoms with Crippen LogP contribution in [-0.2, 0) is 4.79 Å². The fourth-order valence-corrected chi connectivity index (χ4v) is 4.94. The maximum Gasteiger partial charge on any atom is 0.323 e. The number of hydrogen-bond donors (Lipinski definition) is 3. The second-order valence-electron chi connectivity index (χ2n) is 9.89. The first-order valence-corrected chi connectivity index (χ1v) is 12.3. The number of carbonyl (C=O) groups excluding carboxylic acids is 1. The number of carboxylic acid groups (broad SMARTS) is 1. The highest BCUT2D eigenvalue weighted by atomic mass is 16.4. The molecule has 2 saturated carbocycles. The second-order valence-corrected chi connectivity index (χ2v) is 9.89. The normalized spacial score (nSPS) is 19.6. The summed E-state index contributed by atoms with van der Waals surface area (Å²) in [6.45, 7) is 5.25. The number of nitriles is 1. The highest BCUT2D eigenvalue weighted by molar-refractivity contribution is 6.02. The lowest BCUT2D eigenvalue weighted by Gasteiger charge is -2.38. The summed E-state index contributed by atoms with van der Waals surface area (Å²) in [7, 11) is 0. The lowest BCUT2D eigenvalue weighted by Crippen LogP contribution is -2.40. The van der Waals surface area contributed by atoms with Gasteiger partial charge in [-0.15, -0.1) is 0 Å². The number of aliphatic carboxylic acids is 1. The average Bonchev–Trinajstić information content (AvgIpc) is 3.65. The molecule has 2 aromatic rings. The quantitative estimate of drug-likeness (QED) is 0.490. The maximum absolute atomic E-state index is 12.9. The molecular weight excluding hydrogens is 444 g/mol. The van der Waals surface area contributed by atoms with Gasteiger partial charge in [0.05, 0.1) is 35.4 Å². The molecule has 2 aliphatic carbocycles. The molecule has 184 valence electrons. The molecule has 35 heavy (non-hydrogen) atoms. The van der Waals surface area contributed by atoms with Crippen molar-refractivity contribution < 1.29 is 14.7 Å². The van der Waals surface area contributed by atoms with E-state index in [0.29, 0.717) is 29.8 Å². The number of carboxylic acids is 1. The Hall–Kier alpha value is -3.67. The van der Waals surface area contributed by atoms with E-state index in [0.717, 1.165) is 30.6 Å². The molecule has 2 atom stereocenters. The summed E-state index contributed by atoms with van der Waals surface area (Å²) >= 11 is 0. The summed E-state index contributed by atoms with van der Waals surface area (Å²) in [5.41, 5.74) is 2.91. The SMILES string of the molecule is CC(C)CN(c1ccc([C@@H]2C[C@@H]2C(=O)O)cc1NC(=O)Nc1cnc(C#N)nc1)C1CCCCC1. The standard InChI is InChI=1S/C26H32N6O3/c1-16(2)15-32(19-6-4-3-5-7-19)23-9-8-17(20-11-21(20)25(33)34)10-22(23)31-26(35)30-18-13-28-24(12-27)29-14-18/h8-10,13-14,16,19-21H,3-7,11,15H2,1-2H3,(H,33,34)(H2,30,31,35)/t20-,21-/m0/s1. The van der Waals surface area contributed by atoms with Crippen LogP contribution >= 0.6 is 0 Å². The Morgan fingerprint density at radius 2 is 1.89 bits per heavy atom. The van der Waals surface area contributed by atoms with Crippen molar-refractivity contribution in [3.05, 3.63) is 42.0 Å². The molecule has 0 unspecified atom stereocenters. The fraction of sp³-hybridized carbons (Fsp3) is 0.500. The third kappa shape index (κ3) is 6.07. The molecule has 0 radical (unpaired) electrons.